The second-order valence-electron chi connectivity index (χ2n) is 3.83. The third-order valence-electron chi connectivity index (χ3n) is 3.54. The Morgan fingerprint density at radius 3 is 2.80 bits per heavy atom. The van der Waals surface area contributed by atoms with Crippen molar-refractivity contribution in [1.29, 1.82) is 0 Å². The van der Waals surface area contributed by atoms with Crippen molar-refractivity contribution in [3.63, 3.8) is 0 Å². The third-order valence-corrected chi connectivity index (χ3v) is 3.54. The molecule has 0 aromatic carbocycles. The van der Waals surface area contributed by atoms with Crippen LogP contribution in [0.25, 0.3) is 0 Å². The second-order valence-corrected chi connectivity index (χ2v) is 3.83. The molecule has 0 spiro atoms. The highest BCUT2D eigenvalue weighted by Crippen LogP contribution is 2.41. The van der Waals surface area contributed by atoms with Crippen molar-refractivity contribution in [2.45, 2.75) is 44.6 Å². The Balaban J connectivity index is 2.04. The Kier molecular flexibility index (Phi) is 1.48. The molecule has 1 aliphatic carbocycles. The maximum atomic E-state index is 3.61. The minimum absolute atomic E-state index is 0.609. The molecule has 1 N–H and O–H groups in total. The SMILES string of the molecule is CC[C@@]12CCCC[C@H]1CN2. The van der Waals surface area contributed by atoms with Gasteiger partial charge in [-0.2, -0.15) is 0 Å². The van der Waals surface area contributed by atoms with E-state index in [-0.39, 0.29) is 0 Å². The molecule has 2 fully saturated rings. The average Bonchev–Trinajstić information content (AvgIpc) is 1.93. The first-order valence-corrected chi connectivity index (χ1v) is 4.62. The first-order chi connectivity index (χ1) is 4.87. The van der Waals surface area contributed by atoms with Gasteiger partial charge in [0.1, 0.15) is 0 Å². The van der Waals surface area contributed by atoms with E-state index in [0.717, 1.165) is 5.92 Å². The van der Waals surface area contributed by atoms with Gasteiger partial charge in [-0.1, -0.05) is 19.8 Å². The summed E-state index contributed by atoms with van der Waals surface area (Å²) >= 11 is 0. The summed E-state index contributed by atoms with van der Waals surface area (Å²) in [5, 5.41) is 3.61. The van der Waals surface area contributed by atoms with Crippen molar-refractivity contribution >= 4 is 0 Å². The van der Waals surface area contributed by atoms with Crippen LogP contribution in [0.3, 0.4) is 0 Å². The van der Waals surface area contributed by atoms with Gasteiger partial charge in [0.25, 0.3) is 0 Å². The molecule has 0 aromatic heterocycles. The Hall–Kier alpha value is -0.0400. The van der Waals surface area contributed by atoms with Crippen LogP contribution in [0.1, 0.15) is 39.0 Å². The van der Waals surface area contributed by atoms with Crippen molar-refractivity contribution in [1.82, 2.24) is 5.32 Å². The van der Waals surface area contributed by atoms with Gasteiger partial charge in [-0.3, -0.25) is 0 Å². The van der Waals surface area contributed by atoms with E-state index in [9.17, 15) is 0 Å². The highest BCUT2D eigenvalue weighted by Gasteiger charge is 2.45. The van der Waals surface area contributed by atoms with E-state index in [4.69, 9.17) is 0 Å². The molecule has 2 atom stereocenters. The lowest BCUT2D eigenvalue weighted by molar-refractivity contribution is 0.0473. The molecule has 1 aliphatic heterocycles. The number of hydrogen-bond acceptors (Lipinski definition) is 1. The van der Waals surface area contributed by atoms with Gasteiger partial charge in [0.05, 0.1) is 0 Å². The Morgan fingerprint density at radius 2 is 2.40 bits per heavy atom. The van der Waals surface area contributed by atoms with Gasteiger partial charge in [0.15, 0.2) is 0 Å². The Morgan fingerprint density at radius 1 is 1.50 bits per heavy atom. The maximum Gasteiger partial charge on any atom is 0.0219 e. The monoisotopic (exact) mass is 139 g/mol. The fourth-order valence-corrected chi connectivity index (χ4v) is 2.63. The van der Waals surface area contributed by atoms with Crippen LogP contribution in [0, 0.1) is 5.92 Å². The molecule has 0 amide bonds. The molecular weight excluding hydrogens is 122 g/mol. The van der Waals surface area contributed by atoms with Crippen LogP contribution in [0.2, 0.25) is 0 Å². The first-order valence-electron chi connectivity index (χ1n) is 4.62. The molecule has 1 heteroatoms. The van der Waals surface area contributed by atoms with Crippen LogP contribution in [0.4, 0.5) is 0 Å². The summed E-state index contributed by atoms with van der Waals surface area (Å²) in [5.41, 5.74) is 0.609. The quantitative estimate of drug-likeness (QED) is 0.585. The summed E-state index contributed by atoms with van der Waals surface area (Å²) in [5.74, 6) is 1.03. The molecular formula is C9H17N. The van der Waals surface area contributed by atoms with Crippen LogP contribution in [-0.4, -0.2) is 12.1 Å². The van der Waals surface area contributed by atoms with Crippen LogP contribution in [-0.2, 0) is 0 Å². The standard InChI is InChI=1S/C9H17N/c1-2-9-6-4-3-5-8(9)7-10-9/h8,10H,2-7H2,1H3/t8-,9+/m0/s1. The lowest BCUT2D eigenvalue weighted by Crippen LogP contribution is -2.65. The normalized spacial score (nSPS) is 45.9. The lowest BCUT2D eigenvalue weighted by atomic mass is 9.66. The highest BCUT2D eigenvalue weighted by molar-refractivity contribution is 5.04. The highest BCUT2D eigenvalue weighted by atomic mass is 15.1. The number of fused-ring (bicyclic) bond motifs is 1. The zero-order valence-corrected chi connectivity index (χ0v) is 6.82. The van der Waals surface area contributed by atoms with E-state index < -0.39 is 0 Å². The van der Waals surface area contributed by atoms with Gasteiger partial charge in [-0.05, 0) is 25.2 Å². The molecule has 2 rings (SSSR count). The zero-order valence-electron chi connectivity index (χ0n) is 6.82. The molecule has 1 heterocycles. The number of hydrogen-bond donors (Lipinski definition) is 1. The van der Waals surface area contributed by atoms with E-state index >= 15 is 0 Å². The van der Waals surface area contributed by atoms with Gasteiger partial charge >= 0.3 is 0 Å². The van der Waals surface area contributed by atoms with E-state index in [2.05, 4.69) is 12.2 Å². The fourth-order valence-electron chi connectivity index (χ4n) is 2.63. The average molecular weight is 139 g/mol. The molecule has 0 bridgehead atoms. The largest absolute Gasteiger partial charge is 0.311 e. The van der Waals surface area contributed by atoms with Crippen molar-refractivity contribution in [3.8, 4) is 0 Å². The van der Waals surface area contributed by atoms with Crippen molar-refractivity contribution < 1.29 is 0 Å². The summed E-state index contributed by atoms with van der Waals surface area (Å²) in [6, 6.07) is 0. The van der Waals surface area contributed by atoms with E-state index in [1.54, 1.807) is 0 Å². The van der Waals surface area contributed by atoms with Crippen molar-refractivity contribution in [3.05, 3.63) is 0 Å². The Labute approximate surface area is 63.2 Å². The van der Waals surface area contributed by atoms with Crippen LogP contribution >= 0.6 is 0 Å². The molecule has 1 nitrogen and oxygen atoms in total. The summed E-state index contributed by atoms with van der Waals surface area (Å²) in [4.78, 5) is 0. The molecule has 2 aliphatic rings. The van der Waals surface area contributed by atoms with Crippen molar-refractivity contribution in [2.75, 3.05) is 6.54 Å². The van der Waals surface area contributed by atoms with Crippen LogP contribution in [0.15, 0.2) is 0 Å². The van der Waals surface area contributed by atoms with Gasteiger partial charge in [0, 0.05) is 12.1 Å². The zero-order chi connectivity index (χ0) is 7.03. The third kappa shape index (κ3) is 0.731. The van der Waals surface area contributed by atoms with E-state index in [1.807, 2.05) is 0 Å². The molecule has 58 valence electrons. The lowest BCUT2D eigenvalue weighted by Gasteiger charge is -2.53. The molecule has 0 unspecified atom stereocenters. The maximum absolute atomic E-state index is 3.61. The topological polar surface area (TPSA) is 12.0 Å². The number of rotatable bonds is 1. The van der Waals surface area contributed by atoms with Crippen molar-refractivity contribution in [2.24, 2.45) is 5.92 Å². The van der Waals surface area contributed by atoms with Gasteiger partial charge < -0.3 is 5.32 Å². The first kappa shape index (κ1) is 6.66. The molecule has 0 radical (unpaired) electrons. The van der Waals surface area contributed by atoms with Gasteiger partial charge in [-0.15, -0.1) is 0 Å². The summed E-state index contributed by atoms with van der Waals surface area (Å²) in [7, 11) is 0. The van der Waals surface area contributed by atoms with E-state index in [0.29, 0.717) is 5.54 Å². The minimum atomic E-state index is 0.609. The number of nitrogens with one attached hydrogen (secondary N) is 1. The van der Waals surface area contributed by atoms with Crippen LogP contribution < -0.4 is 5.32 Å². The Bertz CT molecular complexity index is 129. The molecule has 0 aromatic rings. The molecule has 1 saturated heterocycles. The van der Waals surface area contributed by atoms with E-state index in [1.165, 1.54) is 38.6 Å². The summed E-state index contributed by atoms with van der Waals surface area (Å²) in [6.45, 7) is 3.62. The fraction of sp³-hybridized carbons (Fsp3) is 1.00. The second kappa shape index (κ2) is 2.23. The predicted molar refractivity (Wildman–Crippen MR) is 43.0 cm³/mol. The summed E-state index contributed by atoms with van der Waals surface area (Å²) in [6.07, 6.45) is 7.21. The smallest absolute Gasteiger partial charge is 0.0219 e. The molecule has 10 heavy (non-hydrogen) atoms. The predicted octanol–water partition coefficient (Wildman–Crippen LogP) is 1.93. The van der Waals surface area contributed by atoms with Crippen LogP contribution in [0.5, 0.6) is 0 Å². The van der Waals surface area contributed by atoms with Gasteiger partial charge in [0.2, 0.25) is 0 Å². The minimum Gasteiger partial charge on any atom is -0.311 e. The molecule has 1 saturated carbocycles. The van der Waals surface area contributed by atoms with Gasteiger partial charge in [-0.25, -0.2) is 0 Å². The summed E-state index contributed by atoms with van der Waals surface area (Å²) < 4.78 is 0.